The molecule has 0 bridgehead atoms. The molecule has 23 heavy (non-hydrogen) atoms. The largest absolute Gasteiger partial charge is 0.481 e. The number of nitrogens with zero attached hydrogens (tertiary/aromatic N) is 2. The van der Waals surface area contributed by atoms with Gasteiger partial charge in [0.1, 0.15) is 5.69 Å². The van der Waals surface area contributed by atoms with Gasteiger partial charge in [-0.15, -0.1) is 0 Å². The molecule has 5 heteroatoms. The molecule has 1 amide bonds. The number of carboxylic acids is 1. The first kappa shape index (κ1) is 16.0. The van der Waals surface area contributed by atoms with Crippen LogP contribution < -0.4 is 0 Å². The van der Waals surface area contributed by atoms with Crippen LogP contribution in [0.15, 0.2) is 18.3 Å². The fourth-order valence-electron chi connectivity index (χ4n) is 3.92. The summed E-state index contributed by atoms with van der Waals surface area (Å²) < 4.78 is 0. The van der Waals surface area contributed by atoms with E-state index in [1.54, 1.807) is 17.2 Å². The van der Waals surface area contributed by atoms with Crippen molar-refractivity contribution >= 4 is 11.9 Å². The maximum atomic E-state index is 12.7. The van der Waals surface area contributed by atoms with E-state index in [-0.39, 0.29) is 17.2 Å². The molecule has 1 saturated heterocycles. The summed E-state index contributed by atoms with van der Waals surface area (Å²) in [5.41, 5.74) is 0.737. The first-order valence-corrected chi connectivity index (χ1v) is 8.23. The van der Waals surface area contributed by atoms with Crippen LogP contribution in [-0.4, -0.2) is 40.0 Å². The van der Waals surface area contributed by atoms with Gasteiger partial charge in [0.25, 0.3) is 5.91 Å². The quantitative estimate of drug-likeness (QED) is 0.910. The van der Waals surface area contributed by atoms with Crippen molar-refractivity contribution in [2.24, 2.45) is 11.3 Å². The summed E-state index contributed by atoms with van der Waals surface area (Å²) in [6.45, 7) is 7.15. The number of aliphatic carboxylic acids is 1. The van der Waals surface area contributed by atoms with E-state index in [9.17, 15) is 14.7 Å². The van der Waals surface area contributed by atoms with Gasteiger partial charge in [0.15, 0.2) is 0 Å². The van der Waals surface area contributed by atoms with Crippen LogP contribution in [-0.2, 0) is 10.2 Å². The summed E-state index contributed by atoms with van der Waals surface area (Å²) in [7, 11) is 0. The van der Waals surface area contributed by atoms with Gasteiger partial charge in [0.05, 0.1) is 5.41 Å². The predicted molar refractivity (Wildman–Crippen MR) is 86.3 cm³/mol. The maximum absolute atomic E-state index is 12.7. The van der Waals surface area contributed by atoms with Gasteiger partial charge in [-0.1, -0.05) is 33.3 Å². The van der Waals surface area contributed by atoms with E-state index in [1.165, 1.54) is 0 Å². The number of amides is 1. The highest BCUT2D eigenvalue weighted by Gasteiger charge is 2.55. The zero-order chi connectivity index (χ0) is 16.8. The molecular weight excluding hydrogens is 292 g/mol. The predicted octanol–water partition coefficient (Wildman–Crippen LogP) is 2.71. The van der Waals surface area contributed by atoms with E-state index in [0.29, 0.717) is 25.2 Å². The van der Waals surface area contributed by atoms with Gasteiger partial charge in [0.2, 0.25) is 0 Å². The number of aromatic nitrogens is 1. The molecule has 3 rings (SSSR count). The first-order chi connectivity index (χ1) is 10.7. The van der Waals surface area contributed by atoms with Gasteiger partial charge in [-0.3, -0.25) is 14.6 Å². The van der Waals surface area contributed by atoms with Crippen LogP contribution in [0.4, 0.5) is 0 Å². The van der Waals surface area contributed by atoms with Crippen molar-refractivity contribution in [1.82, 2.24) is 9.88 Å². The summed E-state index contributed by atoms with van der Waals surface area (Å²) in [5, 5.41) is 9.62. The van der Waals surface area contributed by atoms with Gasteiger partial charge in [-0.05, 0) is 35.8 Å². The molecule has 0 unspecified atom stereocenters. The second kappa shape index (κ2) is 5.32. The van der Waals surface area contributed by atoms with Crippen molar-refractivity contribution in [3.05, 3.63) is 29.6 Å². The standard InChI is InChI=1S/C18H24N2O3/c1-17(2,3)12-6-7-14(19-9-12)15(21)20-10-13-5-4-8-18(13,11-20)16(22)23/h6-7,9,13H,4-5,8,10-11H2,1-3H3,(H,22,23)/t13-,18+/m0/s1. The molecule has 124 valence electrons. The molecule has 1 aliphatic carbocycles. The van der Waals surface area contributed by atoms with Crippen molar-refractivity contribution in [2.45, 2.75) is 45.4 Å². The van der Waals surface area contributed by atoms with E-state index < -0.39 is 11.4 Å². The lowest BCUT2D eigenvalue weighted by atomic mass is 9.81. The van der Waals surface area contributed by atoms with Crippen molar-refractivity contribution in [3.8, 4) is 0 Å². The average molecular weight is 316 g/mol. The van der Waals surface area contributed by atoms with E-state index in [4.69, 9.17) is 0 Å². The molecule has 1 aromatic heterocycles. The summed E-state index contributed by atoms with van der Waals surface area (Å²) in [5.74, 6) is -0.829. The van der Waals surface area contributed by atoms with Crippen molar-refractivity contribution < 1.29 is 14.7 Å². The SMILES string of the molecule is CC(C)(C)c1ccc(C(=O)N2C[C@@H]3CCC[C@@]3(C(=O)O)C2)nc1. The van der Waals surface area contributed by atoms with Crippen LogP contribution in [0.1, 0.15) is 56.1 Å². The van der Waals surface area contributed by atoms with Gasteiger partial charge in [0, 0.05) is 19.3 Å². The number of likely N-dealkylation sites (tertiary alicyclic amines) is 1. The second-order valence-electron chi connectivity index (χ2n) is 7.92. The summed E-state index contributed by atoms with van der Waals surface area (Å²) >= 11 is 0. The van der Waals surface area contributed by atoms with E-state index >= 15 is 0 Å². The number of hydrogen-bond acceptors (Lipinski definition) is 3. The second-order valence-corrected chi connectivity index (χ2v) is 7.92. The van der Waals surface area contributed by atoms with Crippen LogP contribution in [0, 0.1) is 11.3 Å². The summed E-state index contributed by atoms with van der Waals surface area (Å²) in [6, 6.07) is 3.69. The normalized spacial score (nSPS) is 27.1. The fourth-order valence-corrected chi connectivity index (χ4v) is 3.92. The van der Waals surface area contributed by atoms with Crippen LogP contribution in [0.3, 0.4) is 0 Å². The first-order valence-electron chi connectivity index (χ1n) is 8.23. The Morgan fingerprint density at radius 2 is 2.09 bits per heavy atom. The Morgan fingerprint density at radius 3 is 2.61 bits per heavy atom. The van der Waals surface area contributed by atoms with Crippen LogP contribution in [0.2, 0.25) is 0 Å². The number of carbonyl (C=O) groups is 2. The van der Waals surface area contributed by atoms with Crippen molar-refractivity contribution in [1.29, 1.82) is 0 Å². The maximum Gasteiger partial charge on any atom is 0.311 e. The Kier molecular flexibility index (Phi) is 3.69. The van der Waals surface area contributed by atoms with E-state index in [0.717, 1.165) is 18.4 Å². The van der Waals surface area contributed by atoms with Gasteiger partial charge in [-0.25, -0.2) is 0 Å². The molecule has 0 spiro atoms. The molecule has 2 aliphatic rings. The van der Waals surface area contributed by atoms with Gasteiger partial charge in [-0.2, -0.15) is 0 Å². The zero-order valence-electron chi connectivity index (χ0n) is 14.0. The topological polar surface area (TPSA) is 70.5 Å². The molecule has 0 radical (unpaired) electrons. The summed E-state index contributed by atoms with van der Waals surface area (Å²) in [4.78, 5) is 30.4. The minimum Gasteiger partial charge on any atom is -0.481 e. The zero-order valence-corrected chi connectivity index (χ0v) is 14.0. The molecule has 5 nitrogen and oxygen atoms in total. The molecular formula is C18H24N2O3. The number of hydrogen-bond donors (Lipinski definition) is 1. The Bertz CT molecular complexity index is 633. The highest BCUT2D eigenvalue weighted by Crippen LogP contribution is 2.49. The average Bonchev–Trinajstić information content (AvgIpc) is 3.03. The highest BCUT2D eigenvalue weighted by atomic mass is 16.4. The molecule has 2 fully saturated rings. The lowest BCUT2D eigenvalue weighted by Crippen LogP contribution is -2.37. The molecule has 1 aliphatic heterocycles. The molecule has 1 saturated carbocycles. The number of fused-ring (bicyclic) bond motifs is 1. The van der Waals surface area contributed by atoms with Crippen molar-refractivity contribution in [2.75, 3.05) is 13.1 Å². The lowest BCUT2D eigenvalue weighted by Gasteiger charge is -2.23. The Morgan fingerprint density at radius 1 is 1.35 bits per heavy atom. The molecule has 2 atom stereocenters. The minimum atomic E-state index is -0.758. The van der Waals surface area contributed by atoms with Gasteiger partial charge < -0.3 is 10.0 Å². The molecule has 1 aromatic rings. The molecule has 0 aromatic carbocycles. The fraction of sp³-hybridized carbons (Fsp3) is 0.611. The van der Waals surface area contributed by atoms with E-state index in [2.05, 4.69) is 25.8 Å². The highest BCUT2D eigenvalue weighted by molar-refractivity contribution is 5.93. The number of pyridine rings is 1. The molecule has 2 heterocycles. The Labute approximate surface area is 136 Å². The number of carboxylic acid groups (broad SMARTS) is 1. The van der Waals surface area contributed by atoms with Gasteiger partial charge >= 0.3 is 5.97 Å². The van der Waals surface area contributed by atoms with Crippen LogP contribution in [0.5, 0.6) is 0 Å². The van der Waals surface area contributed by atoms with Crippen molar-refractivity contribution in [3.63, 3.8) is 0 Å². The lowest BCUT2D eigenvalue weighted by molar-refractivity contribution is -0.149. The summed E-state index contributed by atoms with van der Waals surface area (Å²) in [6.07, 6.45) is 4.26. The van der Waals surface area contributed by atoms with Crippen LogP contribution >= 0.6 is 0 Å². The van der Waals surface area contributed by atoms with E-state index in [1.807, 2.05) is 6.07 Å². The monoisotopic (exact) mass is 316 g/mol. The third kappa shape index (κ3) is 2.62. The van der Waals surface area contributed by atoms with Crippen LogP contribution in [0.25, 0.3) is 0 Å². The Hall–Kier alpha value is -1.91. The smallest absolute Gasteiger partial charge is 0.311 e. The molecule has 1 N–H and O–H groups in total. The number of carbonyl (C=O) groups excluding carboxylic acids is 1. The number of rotatable bonds is 2. The Balaban J connectivity index is 1.78. The minimum absolute atomic E-state index is 0.00733. The third-order valence-corrected chi connectivity index (χ3v) is 5.43. The third-order valence-electron chi connectivity index (χ3n) is 5.43.